The van der Waals surface area contributed by atoms with Crippen molar-refractivity contribution in [3.05, 3.63) is 50.8 Å². The number of aryl methyl sites for hydroxylation is 1. The number of nitrogens with one attached hydrogen (secondary N) is 2. The highest BCUT2D eigenvalue weighted by atomic mass is 32.2. The van der Waals surface area contributed by atoms with Crippen LogP contribution in [0.5, 0.6) is 0 Å². The van der Waals surface area contributed by atoms with Crippen molar-refractivity contribution in [2.45, 2.75) is 30.0 Å². The third-order valence-corrected chi connectivity index (χ3v) is 6.52. The minimum Gasteiger partial charge on any atom is -0.315 e. The first-order chi connectivity index (χ1) is 9.45. The lowest BCUT2D eigenvalue weighted by molar-refractivity contribution is 0.557. The Labute approximate surface area is 120 Å². The Bertz CT molecular complexity index is 780. The van der Waals surface area contributed by atoms with Gasteiger partial charge in [0.15, 0.2) is 4.21 Å². The average molecular weight is 310 g/mol. The zero-order valence-corrected chi connectivity index (χ0v) is 12.5. The minimum absolute atomic E-state index is 0.0819. The second kappa shape index (κ2) is 4.83. The number of benzene rings is 1. The molecule has 5 nitrogen and oxygen atoms in total. The monoisotopic (exact) mass is 310 g/mol. The first-order valence-corrected chi connectivity index (χ1v) is 8.54. The summed E-state index contributed by atoms with van der Waals surface area (Å²) in [6.07, 6.45) is 1.38. The molecule has 2 aromatic rings. The number of hydrogen-bond donors (Lipinski definition) is 2. The van der Waals surface area contributed by atoms with E-state index in [0.29, 0.717) is 18.5 Å². The third kappa shape index (κ3) is 2.44. The van der Waals surface area contributed by atoms with Crippen molar-refractivity contribution in [3.8, 4) is 0 Å². The second-order valence-corrected chi connectivity index (χ2v) is 7.81. The van der Waals surface area contributed by atoms with Crippen LogP contribution in [0.4, 0.5) is 0 Å². The Morgan fingerprint density at radius 3 is 2.35 bits per heavy atom. The van der Waals surface area contributed by atoms with Crippen molar-refractivity contribution in [1.82, 2.24) is 9.71 Å². The van der Waals surface area contributed by atoms with E-state index in [9.17, 15) is 13.2 Å². The molecule has 20 heavy (non-hydrogen) atoms. The molecule has 1 heterocycles. The van der Waals surface area contributed by atoms with Gasteiger partial charge < -0.3 is 4.98 Å². The lowest BCUT2D eigenvalue weighted by Gasteiger charge is -2.11. The average Bonchev–Trinajstić information content (AvgIpc) is 2.91. The van der Waals surface area contributed by atoms with Gasteiger partial charge in [-0.3, -0.25) is 4.79 Å². The molecule has 0 aliphatic heterocycles. The summed E-state index contributed by atoms with van der Waals surface area (Å²) < 4.78 is 27.4. The number of H-pyrrole nitrogens is 1. The highest BCUT2D eigenvalue weighted by Gasteiger charge is 2.28. The predicted octanol–water partition coefficient (Wildman–Crippen LogP) is 1.19. The Balaban J connectivity index is 1.83. The summed E-state index contributed by atoms with van der Waals surface area (Å²) in [5.74, 6) is 0. The van der Waals surface area contributed by atoms with E-state index in [1.807, 2.05) is 24.3 Å². The molecule has 0 bridgehead atoms. The molecule has 7 heteroatoms. The summed E-state index contributed by atoms with van der Waals surface area (Å²) in [5, 5.41) is 0. The number of aromatic amines is 1. The Morgan fingerprint density at radius 1 is 1.25 bits per heavy atom. The van der Waals surface area contributed by atoms with E-state index in [4.69, 9.17) is 0 Å². The molecule has 1 aromatic heterocycles. The van der Waals surface area contributed by atoms with E-state index in [2.05, 4.69) is 9.71 Å². The van der Waals surface area contributed by atoms with Crippen LogP contribution < -0.4 is 9.60 Å². The first-order valence-electron chi connectivity index (χ1n) is 6.24. The van der Waals surface area contributed by atoms with Gasteiger partial charge >= 0.3 is 4.87 Å². The predicted molar refractivity (Wildman–Crippen MR) is 77.6 cm³/mol. The molecule has 0 fully saturated rings. The number of aromatic nitrogens is 1. The van der Waals surface area contributed by atoms with Gasteiger partial charge in [0.25, 0.3) is 10.0 Å². The summed E-state index contributed by atoms with van der Waals surface area (Å²) in [5.41, 5.74) is 2.75. The molecule has 3 rings (SSSR count). The molecule has 0 saturated heterocycles. The molecule has 1 aliphatic rings. The molecule has 2 N–H and O–H groups in total. The molecular formula is C13H14N2O3S2. The van der Waals surface area contributed by atoms with Gasteiger partial charge in [-0.2, -0.15) is 0 Å². The van der Waals surface area contributed by atoms with E-state index < -0.39 is 10.0 Å². The van der Waals surface area contributed by atoms with Gasteiger partial charge in [0.05, 0.1) is 0 Å². The van der Waals surface area contributed by atoms with Crippen LogP contribution in [-0.2, 0) is 22.9 Å². The van der Waals surface area contributed by atoms with Gasteiger partial charge in [0, 0.05) is 11.7 Å². The summed E-state index contributed by atoms with van der Waals surface area (Å²) >= 11 is 0.727. The molecule has 0 unspecified atom stereocenters. The molecule has 0 spiro atoms. The van der Waals surface area contributed by atoms with Crippen molar-refractivity contribution in [2.24, 2.45) is 0 Å². The van der Waals surface area contributed by atoms with Crippen LogP contribution >= 0.6 is 11.3 Å². The van der Waals surface area contributed by atoms with Crippen LogP contribution in [0.2, 0.25) is 0 Å². The summed E-state index contributed by atoms with van der Waals surface area (Å²) in [6, 6.07) is 7.80. The van der Waals surface area contributed by atoms with E-state index in [0.717, 1.165) is 11.3 Å². The van der Waals surface area contributed by atoms with E-state index in [1.54, 1.807) is 6.92 Å². The largest absolute Gasteiger partial charge is 0.315 e. The Morgan fingerprint density at radius 2 is 1.85 bits per heavy atom. The maximum Gasteiger partial charge on any atom is 0.305 e. The molecule has 106 valence electrons. The maximum absolute atomic E-state index is 12.3. The van der Waals surface area contributed by atoms with E-state index >= 15 is 0 Å². The van der Waals surface area contributed by atoms with Crippen molar-refractivity contribution in [2.75, 3.05) is 0 Å². The van der Waals surface area contributed by atoms with Gasteiger partial charge in [-0.05, 0) is 30.9 Å². The molecule has 0 atom stereocenters. The summed E-state index contributed by atoms with van der Waals surface area (Å²) in [6.45, 7) is 1.59. The molecule has 0 amide bonds. The molecule has 0 saturated carbocycles. The van der Waals surface area contributed by atoms with Crippen molar-refractivity contribution in [1.29, 1.82) is 0 Å². The van der Waals surface area contributed by atoms with E-state index in [1.165, 1.54) is 11.1 Å². The van der Waals surface area contributed by atoms with Crippen LogP contribution in [0.15, 0.2) is 33.3 Å². The number of fused-ring (bicyclic) bond motifs is 1. The van der Waals surface area contributed by atoms with E-state index in [-0.39, 0.29) is 15.1 Å². The summed E-state index contributed by atoms with van der Waals surface area (Å²) in [4.78, 5) is 13.4. The number of hydrogen-bond acceptors (Lipinski definition) is 4. The highest BCUT2D eigenvalue weighted by molar-refractivity contribution is 7.91. The number of sulfonamides is 1. The quantitative estimate of drug-likeness (QED) is 0.894. The van der Waals surface area contributed by atoms with Crippen molar-refractivity contribution < 1.29 is 8.42 Å². The fourth-order valence-corrected chi connectivity index (χ4v) is 5.12. The van der Waals surface area contributed by atoms with Gasteiger partial charge in [0.1, 0.15) is 0 Å². The zero-order chi connectivity index (χ0) is 14.3. The smallest absolute Gasteiger partial charge is 0.305 e. The van der Waals surface area contributed by atoms with Gasteiger partial charge in [-0.25, -0.2) is 13.1 Å². The molecular weight excluding hydrogens is 296 g/mol. The first kappa shape index (κ1) is 13.5. The maximum atomic E-state index is 12.3. The standard InChI is InChI=1S/C13H14N2O3S2/c1-8-12(19-13(16)14-8)20(17,18)15-11-6-9-4-2-3-5-10(9)7-11/h2-5,11,15H,6-7H2,1H3,(H,14,16). The number of thiazole rings is 1. The van der Waals surface area contributed by atoms with Gasteiger partial charge in [-0.15, -0.1) is 0 Å². The third-order valence-electron chi connectivity index (χ3n) is 3.40. The minimum atomic E-state index is -3.63. The zero-order valence-electron chi connectivity index (χ0n) is 10.8. The SMILES string of the molecule is Cc1[nH]c(=O)sc1S(=O)(=O)NC1Cc2ccccc2C1. The normalized spacial score (nSPS) is 15.4. The Kier molecular flexibility index (Phi) is 3.27. The molecule has 1 aromatic carbocycles. The highest BCUT2D eigenvalue weighted by Crippen LogP contribution is 2.24. The van der Waals surface area contributed by atoms with Crippen molar-refractivity contribution >= 4 is 21.4 Å². The Hall–Kier alpha value is -1.44. The van der Waals surface area contributed by atoms with Crippen LogP contribution in [0, 0.1) is 6.92 Å². The summed E-state index contributed by atoms with van der Waals surface area (Å²) in [7, 11) is -3.63. The molecule has 0 radical (unpaired) electrons. The lowest BCUT2D eigenvalue weighted by Crippen LogP contribution is -2.35. The second-order valence-electron chi connectivity index (χ2n) is 4.92. The lowest BCUT2D eigenvalue weighted by atomic mass is 10.1. The molecule has 1 aliphatic carbocycles. The van der Waals surface area contributed by atoms with Crippen LogP contribution in [0.25, 0.3) is 0 Å². The van der Waals surface area contributed by atoms with Crippen LogP contribution in [-0.4, -0.2) is 19.4 Å². The topological polar surface area (TPSA) is 79.0 Å². The fraction of sp³-hybridized carbons (Fsp3) is 0.308. The van der Waals surface area contributed by atoms with Gasteiger partial charge in [0.2, 0.25) is 0 Å². The number of rotatable bonds is 3. The van der Waals surface area contributed by atoms with Crippen molar-refractivity contribution in [3.63, 3.8) is 0 Å². The fourth-order valence-electron chi connectivity index (χ4n) is 2.56. The van der Waals surface area contributed by atoms with Crippen LogP contribution in [0.3, 0.4) is 0 Å². The van der Waals surface area contributed by atoms with Crippen LogP contribution in [0.1, 0.15) is 16.8 Å². The van der Waals surface area contributed by atoms with Gasteiger partial charge in [-0.1, -0.05) is 35.6 Å².